The molecule has 0 unspecified atom stereocenters. The van der Waals surface area contributed by atoms with Crippen LogP contribution < -0.4 is 0 Å². The van der Waals surface area contributed by atoms with E-state index in [0.29, 0.717) is 0 Å². The summed E-state index contributed by atoms with van der Waals surface area (Å²) in [6.07, 6.45) is -4.76. The second-order valence-electron chi connectivity index (χ2n) is 2.71. The van der Waals surface area contributed by atoms with Crippen LogP contribution in [0.25, 0.3) is 0 Å². The van der Waals surface area contributed by atoms with Gasteiger partial charge in [-0.15, -0.1) is 0 Å². The lowest BCUT2D eigenvalue weighted by Crippen LogP contribution is -2.11. The van der Waals surface area contributed by atoms with Crippen LogP contribution in [0, 0.1) is 5.82 Å². The minimum absolute atomic E-state index is 0.137. The van der Waals surface area contributed by atoms with Crippen LogP contribution in [-0.2, 0) is 6.18 Å². The Morgan fingerprint density at radius 1 is 1.25 bits per heavy atom. The van der Waals surface area contributed by atoms with Gasteiger partial charge in [-0.3, -0.25) is 0 Å². The second kappa shape index (κ2) is 4.33. The first-order chi connectivity index (χ1) is 7.16. The number of hydrogen-bond acceptors (Lipinski definition) is 1. The van der Waals surface area contributed by atoms with E-state index < -0.39 is 38.0 Å². The van der Waals surface area contributed by atoms with E-state index >= 15 is 0 Å². The van der Waals surface area contributed by atoms with Gasteiger partial charge in [0.1, 0.15) is 11.4 Å². The van der Waals surface area contributed by atoms with Gasteiger partial charge >= 0.3 is 12.1 Å². The van der Waals surface area contributed by atoms with Crippen molar-refractivity contribution in [2.24, 2.45) is 0 Å². The lowest BCUT2D eigenvalue weighted by atomic mass is 10.1. The summed E-state index contributed by atoms with van der Waals surface area (Å²) in [7, 11) is 0. The Morgan fingerprint density at radius 3 is 2.12 bits per heavy atom. The zero-order valence-electron chi connectivity index (χ0n) is 7.20. The van der Waals surface area contributed by atoms with Crippen LogP contribution in [0.5, 0.6) is 0 Å². The normalized spacial score (nSPS) is 11.6. The van der Waals surface area contributed by atoms with E-state index in [0.717, 1.165) is 0 Å². The maximum Gasteiger partial charge on any atom is 0.417 e. The van der Waals surface area contributed by atoms with Crippen molar-refractivity contribution in [3.05, 3.63) is 32.0 Å². The summed E-state index contributed by atoms with van der Waals surface area (Å²) in [4.78, 5) is 10.6. The van der Waals surface area contributed by atoms with Crippen molar-refractivity contribution in [3.63, 3.8) is 0 Å². The van der Waals surface area contributed by atoms with Gasteiger partial charge in [-0.1, -0.05) is 0 Å². The van der Waals surface area contributed by atoms with Gasteiger partial charge in [0.05, 0.1) is 5.56 Å². The van der Waals surface area contributed by atoms with E-state index in [1.807, 2.05) is 0 Å². The van der Waals surface area contributed by atoms with Crippen molar-refractivity contribution in [2.45, 2.75) is 6.18 Å². The van der Waals surface area contributed by atoms with Gasteiger partial charge in [-0.2, -0.15) is 13.2 Å². The maximum atomic E-state index is 13.1. The third kappa shape index (κ3) is 2.37. The molecule has 1 aromatic carbocycles. The molecule has 0 spiro atoms. The van der Waals surface area contributed by atoms with Gasteiger partial charge in [0, 0.05) is 8.95 Å². The summed E-state index contributed by atoms with van der Waals surface area (Å²) in [6, 6.07) is 0.137. The molecule has 0 bridgehead atoms. The highest BCUT2D eigenvalue weighted by Crippen LogP contribution is 2.40. The van der Waals surface area contributed by atoms with Crippen LogP contribution in [0.3, 0.4) is 0 Å². The molecular formula is C8H2Br2F4O2. The molecule has 1 rings (SSSR count). The van der Waals surface area contributed by atoms with Gasteiger partial charge in [0.25, 0.3) is 0 Å². The van der Waals surface area contributed by atoms with E-state index in [1.165, 1.54) is 0 Å². The smallest absolute Gasteiger partial charge is 0.417 e. The van der Waals surface area contributed by atoms with E-state index in [2.05, 4.69) is 31.9 Å². The van der Waals surface area contributed by atoms with Crippen LogP contribution in [0.15, 0.2) is 15.0 Å². The van der Waals surface area contributed by atoms with E-state index in [1.54, 1.807) is 0 Å². The zero-order chi connectivity index (χ0) is 12.7. The molecule has 1 aromatic rings. The van der Waals surface area contributed by atoms with Crippen LogP contribution in [0.2, 0.25) is 0 Å². The number of carboxylic acids is 1. The standard InChI is InChI=1S/C8H2Br2F4O2/c9-5-2(8(12,13)14)1-3(11)4(6(5)10)7(15)16/h1H,(H,15,16). The molecule has 0 saturated heterocycles. The first-order valence-corrected chi connectivity index (χ1v) is 5.22. The van der Waals surface area contributed by atoms with Crippen molar-refractivity contribution in [2.75, 3.05) is 0 Å². The Labute approximate surface area is 104 Å². The van der Waals surface area contributed by atoms with E-state index in [9.17, 15) is 22.4 Å². The largest absolute Gasteiger partial charge is 0.478 e. The first kappa shape index (κ1) is 13.4. The Kier molecular flexibility index (Phi) is 3.63. The SMILES string of the molecule is O=C(O)c1c(F)cc(C(F)(F)F)c(Br)c1Br. The molecule has 0 saturated carbocycles. The molecule has 2 nitrogen and oxygen atoms in total. The molecule has 0 heterocycles. The second-order valence-corrected chi connectivity index (χ2v) is 4.30. The average molecular weight is 366 g/mol. The van der Waals surface area contributed by atoms with Crippen LogP contribution in [-0.4, -0.2) is 11.1 Å². The van der Waals surface area contributed by atoms with Crippen LogP contribution in [0.4, 0.5) is 17.6 Å². The van der Waals surface area contributed by atoms with Gasteiger partial charge in [-0.25, -0.2) is 9.18 Å². The quantitative estimate of drug-likeness (QED) is 0.601. The molecule has 0 aliphatic rings. The molecule has 0 fully saturated rings. The summed E-state index contributed by atoms with van der Waals surface area (Å²) in [5, 5.41) is 8.59. The van der Waals surface area contributed by atoms with Gasteiger partial charge in [-0.05, 0) is 37.9 Å². The highest BCUT2D eigenvalue weighted by molar-refractivity contribution is 9.13. The monoisotopic (exact) mass is 364 g/mol. The Bertz CT molecular complexity index is 456. The number of benzene rings is 1. The fraction of sp³-hybridized carbons (Fsp3) is 0.125. The molecule has 16 heavy (non-hydrogen) atoms. The zero-order valence-corrected chi connectivity index (χ0v) is 10.4. The predicted molar refractivity (Wildman–Crippen MR) is 53.8 cm³/mol. The lowest BCUT2D eigenvalue weighted by molar-refractivity contribution is -0.138. The minimum atomic E-state index is -4.76. The number of halogens is 6. The Balaban J connectivity index is 3.58. The van der Waals surface area contributed by atoms with Crippen molar-refractivity contribution >= 4 is 37.8 Å². The summed E-state index contributed by atoms with van der Waals surface area (Å²) in [5.41, 5.74) is -2.12. The molecule has 1 N–H and O–H groups in total. The third-order valence-corrected chi connectivity index (χ3v) is 3.83. The maximum absolute atomic E-state index is 13.1. The lowest BCUT2D eigenvalue weighted by Gasteiger charge is -2.12. The van der Waals surface area contributed by atoms with E-state index in [-0.39, 0.29) is 6.07 Å². The molecule has 0 aromatic heterocycles. The Morgan fingerprint density at radius 2 is 1.75 bits per heavy atom. The predicted octanol–water partition coefficient (Wildman–Crippen LogP) is 4.07. The fourth-order valence-electron chi connectivity index (χ4n) is 0.997. The Hall–Kier alpha value is -0.630. The highest BCUT2D eigenvalue weighted by atomic mass is 79.9. The molecule has 0 radical (unpaired) electrons. The molecular weight excluding hydrogens is 364 g/mol. The van der Waals surface area contributed by atoms with Gasteiger partial charge in [0.2, 0.25) is 0 Å². The summed E-state index contributed by atoms with van der Waals surface area (Å²) in [6.45, 7) is 0. The third-order valence-electron chi connectivity index (χ3n) is 1.68. The molecule has 88 valence electrons. The fourth-order valence-corrected chi connectivity index (χ4v) is 2.11. The van der Waals surface area contributed by atoms with Crippen LogP contribution >= 0.6 is 31.9 Å². The molecule has 0 amide bonds. The van der Waals surface area contributed by atoms with Gasteiger partial charge < -0.3 is 5.11 Å². The molecule has 0 aliphatic heterocycles. The molecule has 0 aliphatic carbocycles. The average Bonchev–Trinajstić information content (AvgIpc) is 2.09. The number of aromatic carboxylic acids is 1. The highest BCUT2D eigenvalue weighted by Gasteiger charge is 2.36. The first-order valence-electron chi connectivity index (χ1n) is 3.64. The van der Waals surface area contributed by atoms with Crippen LogP contribution in [0.1, 0.15) is 15.9 Å². The number of rotatable bonds is 1. The minimum Gasteiger partial charge on any atom is -0.478 e. The number of alkyl halides is 3. The summed E-state index contributed by atoms with van der Waals surface area (Å²) in [5.74, 6) is -3.10. The summed E-state index contributed by atoms with van der Waals surface area (Å²) >= 11 is 5.18. The molecule has 8 heteroatoms. The molecule has 0 atom stereocenters. The van der Waals surface area contributed by atoms with Crippen molar-refractivity contribution in [1.82, 2.24) is 0 Å². The topological polar surface area (TPSA) is 37.3 Å². The number of carbonyl (C=O) groups is 1. The number of hydrogen-bond donors (Lipinski definition) is 1. The summed E-state index contributed by atoms with van der Waals surface area (Å²) < 4.78 is 49.2. The van der Waals surface area contributed by atoms with Crippen molar-refractivity contribution in [1.29, 1.82) is 0 Å². The van der Waals surface area contributed by atoms with E-state index in [4.69, 9.17) is 5.11 Å². The van der Waals surface area contributed by atoms with Gasteiger partial charge in [0.15, 0.2) is 0 Å². The van der Waals surface area contributed by atoms with Crippen molar-refractivity contribution < 1.29 is 27.5 Å². The van der Waals surface area contributed by atoms with Crippen molar-refractivity contribution in [3.8, 4) is 0 Å². The number of carboxylic acid groups (broad SMARTS) is 1.